The SMILES string of the molecule is Cc1ccc(/C=C2\SC(=Nc3ccc(C)cc3O)N(C)C2=O)cc1. The molecule has 0 aliphatic carbocycles. The molecule has 1 heterocycles. The zero-order chi connectivity index (χ0) is 17.3. The number of aliphatic imine (C=N–C) groups is 1. The van der Waals surface area contributed by atoms with Crippen molar-refractivity contribution >= 4 is 34.6 Å². The highest BCUT2D eigenvalue weighted by molar-refractivity contribution is 8.18. The number of amides is 1. The number of likely N-dealkylation sites (N-methyl/N-ethyl adjacent to an activating group) is 1. The fourth-order valence-corrected chi connectivity index (χ4v) is 3.28. The highest BCUT2D eigenvalue weighted by Gasteiger charge is 2.30. The van der Waals surface area contributed by atoms with E-state index in [4.69, 9.17) is 0 Å². The van der Waals surface area contributed by atoms with Gasteiger partial charge in [0, 0.05) is 7.05 Å². The van der Waals surface area contributed by atoms with Crippen molar-refractivity contribution in [3.63, 3.8) is 0 Å². The molecular weight excluding hydrogens is 320 g/mol. The van der Waals surface area contributed by atoms with Gasteiger partial charge in [-0.05, 0) is 54.9 Å². The Bertz CT molecular complexity index is 854. The summed E-state index contributed by atoms with van der Waals surface area (Å²) >= 11 is 1.31. The van der Waals surface area contributed by atoms with Gasteiger partial charge in [-0.25, -0.2) is 4.99 Å². The normalized spacial score (nSPS) is 18.0. The zero-order valence-corrected chi connectivity index (χ0v) is 14.6. The highest BCUT2D eigenvalue weighted by atomic mass is 32.2. The van der Waals surface area contributed by atoms with Gasteiger partial charge in [0.15, 0.2) is 5.17 Å². The summed E-state index contributed by atoms with van der Waals surface area (Å²) in [6, 6.07) is 13.3. The Kier molecular flexibility index (Phi) is 4.44. The average Bonchev–Trinajstić information content (AvgIpc) is 2.80. The maximum Gasteiger partial charge on any atom is 0.266 e. The van der Waals surface area contributed by atoms with E-state index in [0.29, 0.717) is 15.8 Å². The van der Waals surface area contributed by atoms with Crippen LogP contribution in [0.1, 0.15) is 16.7 Å². The highest BCUT2D eigenvalue weighted by Crippen LogP contribution is 2.35. The summed E-state index contributed by atoms with van der Waals surface area (Å²) in [5.74, 6) is 0.0193. The van der Waals surface area contributed by atoms with Gasteiger partial charge in [0.25, 0.3) is 5.91 Å². The average molecular weight is 338 g/mol. The van der Waals surface area contributed by atoms with Crippen LogP contribution in [-0.2, 0) is 4.79 Å². The number of rotatable bonds is 2. The molecule has 0 unspecified atom stereocenters. The third-order valence-corrected chi connectivity index (χ3v) is 4.79. The second kappa shape index (κ2) is 6.53. The number of aryl methyl sites for hydroxylation is 2. The van der Waals surface area contributed by atoms with E-state index in [0.717, 1.165) is 11.1 Å². The molecule has 1 saturated heterocycles. The second-order valence-corrected chi connectivity index (χ2v) is 6.78. The summed E-state index contributed by atoms with van der Waals surface area (Å²) < 4.78 is 0. The number of benzene rings is 2. The standard InChI is InChI=1S/C19H18N2O2S/c1-12-4-7-14(8-5-12)11-17-18(23)21(3)19(24-17)20-15-9-6-13(2)10-16(15)22/h4-11,22H,1-3H3/b17-11-,20-19?. The van der Waals surface area contributed by atoms with E-state index in [2.05, 4.69) is 4.99 Å². The first-order chi connectivity index (χ1) is 11.4. The molecule has 24 heavy (non-hydrogen) atoms. The molecule has 1 N–H and O–H groups in total. The third kappa shape index (κ3) is 3.36. The number of carbonyl (C=O) groups is 1. The molecule has 0 atom stereocenters. The largest absolute Gasteiger partial charge is 0.506 e. The minimum atomic E-state index is -0.0917. The van der Waals surface area contributed by atoms with Crippen molar-refractivity contribution in [1.29, 1.82) is 0 Å². The van der Waals surface area contributed by atoms with Gasteiger partial charge in [0.1, 0.15) is 11.4 Å². The summed E-state index contributed by atoms with van der Waals surface area (Å²) in [7, 11) is 1.69. The molecule has 2 aromatic carbocycles. The van der Waals surface area contributed by atoms with Gasteiger partial charge in [-0.2, -0.15) is 0 Å². The molecule has 0 saturated carbocycles. The number of aromatic hydroxyl groups is 1. The predicted octanol–water partition coefficient (Wildman–Crippen LogP) is 4.24. The lowest BCUT2D eigenvalue weighted by molar-refractivity contribution is -0.121. The minimum Gasteiger partial charge on any atom is -0.506 e. The van der Waals surface area contributed by atoms with Gasteiger partial charge in [-0.15, -0.1) is 0 Å². The lowest BCUT2D eigenvalue weighted by Gasteiger charge is -2.08. The number of nitrogens with zero attached hydrogens (tertiary/aromatic N) is 2. The first-order valence-corrected chi connectivity index (χ1v) is 8.38. The number of carbonyl (C=O) groups excluding carboxylic acids is 1. The van der Waals surface area contributed by atoms with Crippen LogP contribution in [0.2, 0.25) is 0 Å². The van der Waals surface area contributed by atoms with Crippen molar-refractivity contribution < 1.29 is 9.90 Å². The molecule has 1 aliphatic rings. The monoisotopic (exact) mass is 338 g/mol. The van der Waals surface area contributed by atoms with Gasteiger partial charge in [0.2, 0.25) is 0 Å². The van der Waals surface area contributed by atoms with Gasteiger partial charge < -0.3 is 5.11 Å². The Morgan fingerprint density at radius 1 is 1.08 bits per heavy atom. The van der Waals surface area contributed by atoms with Crippen molar-refractivity contribution in [3.05, 3.63) is 64.1 Å². The van der Waals surface area contributed by atoms with Crippen LogP contribution < -0.4 is 0 Å². The molecule has 122 valence electrons. The van der Waals surface area contributed by atoms with Crippen LogP contribution >= 0.6 is 11.8 Å². The molecule has 1 fully saturated rings. The lowest BCUT2D eigenvalue weighted by Crippen LogP contribution is -2.23. The van der Waals surface area contributed by atoms with Crippen molar-refractivity contribution in [3.8, 4) is 5.75 Å². The van der Waals surface area contributed by atoms with E-state index in [1.807, 2.05) is 50.3 Å². The Morgan fingerprint density at radius 2 is 1.75 bits per heavy atom. The van der Waals surface area contributed by atoms with Gasteiger partial charge in [0.05, 0.1) is 4.91 Å². The molecule has 3 rings (SSSR count). The molecule has 0 radical (unpaired) electrons. The Balaban J connectivity index is 1.91. The summed E-state index contributed by atoms with van der Waals surface area (Å²) in [6.07, 6.45) is 1.86. The molecule has 2 aromatic rings. The van der Waals surface area contributed by atoms with Crippen LogP contribution in [0.25, 0.3) is 6.08 Å². The Hall–Kier alpha value is -2.53. The molecule has 1 aliphatic heterocycles. The summed E-state index contributed by atoms with van der Waals surface area (Å²) in [4.78, 5) is 19.0. The number of phenols is 1. The smallest absolute Gasteiger partial charge is 0.266 e. The predicted molar refractivity (Wildman–Crippen MR) is 99.5 cm³/mol. The minimum absolute atomic E-state index is 0.0917. The van der Waals surface area contributed by atoms with E-state index in [9.17, 15) is 9.90 Å². The number of hydrogen-bond acceptors (Lipinski definition) is 4. The van der Waals surface area contributed by atoms with Gasteiger partial charge >= 0.3 is 0 Å². The quantitative estimate of drug-likeness (QED) is 0.833. The molecule has 1 amide bonds. The molecule has 0 spiro atoms. The van der Waals surface area contributed by atoms with Crippen LogP contribution in [0.3, 0.4) is 0 Å². The number of hydrogen-bond donors (Lipinski definition) is 1. The van der Waals surface area contributed by atoms with Gasteiger partial charge in [-0.3, -0.25) is 9.69 Å². The number of thioether (sulfide) groups is 1. The van der Waals surface area contributed by atoms with Crippen LogP contribution in [0.15, 0.2) is 52.4 Å². The third-order valence-electron chi connectivity index (χ3n) is 3.73. The van der Waals surface area contributed by atoms with Crippen LogP contribution in [0.4, 0.5) is 5.69 Å². The zero-order valence-electron chi connectivity index (χ0n) is 13.8. The number of amidine groups is 1. The topological polar surface area (TPSA) is 52.9 Å². The lowest BCUT2D eigenvalue weighted by atomic mass is 10.1. The Labute approximate surface area is 145 Å². The van der Waals surface area contributed by atoms with Crippen molar-refractivity contribution in [2.24, 2.45) is 4.99 Å². The number of phenolic OH excluding ortho intramolecular Hbond substituents is 1. The fraction of sp³-hybridized carbons (Fsp3) is 0.158. The maximum atomic E-state index is 12.4. The fourth-order valence-electron chi connectivity index (χ4n) is 2.30. The van der Waals surface area contributed by atoms with Crippen LogP contribution in [0.5, 0.6) is 5.75 Å². The van der Waals surface area contributed by atoms with E-state index in [1.165, 1.54) is 22.2 Å². The van der Waals surface area contributed by atoms with Crippen molar-refractivity contribution in [1.82, 2.24) is 4.90 Å². The Morgan fingerprint density at radius 3 is 2.42 bits per heavy atom. The molecule has 0 bridgehead atoms. The second-order valence-electron chi connectivity index (χ2n) is 5.77. The molecular formula is C19H18N2O2S. The van der Waals surface area contributed by atoms with Crippen molar-refractivity contribution in [2.75, 3.05) is 7.05 Å². The first-order valence-electron chi connectivity index (χ1n) is 7.56. The van der Waals surface area contributed by atoms with E-state index in [1.54, 1.807) is 19.2 Å². The summed E-state index contributed by atoms with van der Waals surface area (Å²) in [5.41, 5.74) is 3.57. The van der Waals surface area contributed by atoms with Crippen molar-refractivity contribution in [2.45, 2.75) is 13.8 Å². The molecule has 5 heteroatoms. The maximum absolute atomic E-state index is 12.4. The summed E-state index contributed by atoms with van der Waals surface area (Å²) in [5, 5.41) is 10.5. The van der Waals surface area contributed by atoms with Crippen LogP contribution in [0, 0.1) is 13.8 Å². The van der Waals surface area contributed by atoms with Gasteiger partial charge in [-0.1, -0.05) is 35.9 Å². The first kappa shape index (κ1) is 16.3. The summed E-state index contributed by atoms with van der Waals surface area (Å²) in [6.45, 7) is 3.93. The molecule has 4 nitrogen and oxygen atoms in total. The molecule has 0 aromatic heterocycles. The van der Waals surface area contributed by atoms with E-state index >= 15 is 0 Å². The van der Waals surface area contributed by atoms with E-state index in [-0.39, 0.29) is 11.7 Å². The van der Waals surface area contributed by atoms with E-state index < -0.39 is 0 Å². The van der Waals surface area contributed by atoms with Crippen LogP contribution in [-0.4, -0.2) is 28.1 Å².